The molecule has 0 bridgehead atoms. The Labute approximate surface area is 106 Å². The molecule has 0 atom stereocenters. The van der Waals surface area contributed by atoms with Gasteiger partial charge in [0.15, 0.2) is 11.5 Å². The fourth-order valence-electron chi connectivity index (χ4n) is 1.29. The molecule has 0 saturated heterocycles. The molecule has 0 radical (unpaired) electrons. The van der Waals surface area contributed by atoms with Crippen LogP contribution in [0, 0.1) is 6.92 Å². The second-order valence-corrected chi connectivity index (χ2v) is 4.47. The summed E-state index contributed by atoms with van der Waals surface area (Å²) >= 11 is 1.18. The van der Waals surface area contributed by atoms with E-state index in [4.69, 9.17) is 9.52 Å². The van der Waals surface area contributed by atoms with Crippen LogP contribution in [0.1, 0.15) is 31.8 Å². The van der Waals surface area contributed by atoms with Crippen LogP contribution in [0.5, 0.6) is 0 Å². The molecule has 0 spiro atoms. The Morgan fingerprint density at radius 3 is 2.83 bits per heavy atom. The molecule has 0 aliphatic heterocycles. The van der Waals surface area contributed by atoms with E-state index in [9.17, 15) is 9.59 Å². The normalized spacial score (nSPS) is 10.3. The maximum Gasteiger partial charge on any atom is 0.355 e. The highest BCUT2D eigenvalue weighted by atomic mass is 32.1. The first-order valence-corrected chi connectivity index (χ1v) is 5.96. The number of furan rings is 1. The first-order valence-electron chi connectivity index (χ1n) is 5.08. The maximum atomic E-state index is 11.6. The topological polar surface area (TPSA) is 92.4 Å². The molecule has 2 N–H and O–H groups in total. The molecule has 0 aromatic carbocycles. The Morgan fingerprint density at radius 2 is 2.28 bits per heavy atom. The van der Waals surface area contributed by atoms with E-state index in [1.807, 2.05) is 0 Å². The van der Waals surface area contributed by atoms with E-state index in [2.05, 4.69) is 10.3 Å². The lowest BCUT2D eigenvalue weighted by Crippen LogP contribution is -2.22. The van der Waals surface area contributed by atoms with Crippen molar-refractivity contribution in [1.29, 1.82) is 0 Å². The van der Waals surface area contributed by atoms with Crippen molar-refractivity contribution >= 4 is 23.2 Å². The van der Waals surface area contributed by atoms with Gasteiger partial charge < -0.3 is 14.8 Å². The zero-order valence-electron chi connectivity index (χ0n) is 9.47. The first kappa shape index (κ1) is 12.3. The van der Waals surface area contributed by atoms with Crippen LogP contribution in [-0.2, 0) is 6.54 Å². The van der Waals surface area contributed by atoms with Crippen LogP contribution in [0.2, 0.25) is 0 Å². The lowest BCUT2D eigenvalue weighted by Gasteiger charge is -1.99. The summed E-state index contributed by atoms with van der Waals surface area (Å²) in [7, 11) is 0. The lowest BCUT2D eigenvalue weighted by molar-refractivity contribution is 0.0691. The van der Waals surface area contributed by atoms with E-state index in [-0.39, 0.29) is 23.9 Å². The van der Waals surface area contributed by atoms with Crippen LogP contribution in [0.4, 0.5) is 0 Å². The number of nitrogens with zero attached hydrogens (tertiary/aromatic N) is 1. The van der Waals surface area contributed by atoms with Crippen LogP contribution in [0.15, 0.2) is 21.9 Å². The highest BCUT2D eigenvalue weighted by Crippen LogP contribution is 2.10. The van der Waals surface area contributed by atoms with Gasteiger partial charge in [0.25, 0.3) is 5.91 Å². The van der Waals surface area contributed by atoms with Gasteiger partial charge in [0.05, 0.1) is 6.54 Å². The Balaban J connectivity index is 1.95. The van der Waals surface area contributed by atoms with Gasteiger partial charge in [-0.25, -0.2) is 9.78 Å². The number of carboxylic acids is 1. The molecule has 0 unspecified atom stereocenters. The van der Waals surface area contributed by atoms with E-state index in [0.717, 1.165) is 0 Å². The average molecular weight is 266 g/mol. The molecule has 7 heteroatoms. The van der Waals surface area contributed by atoms with Crippen molar-refractivity contribution in [3.05, 3.63) is 39.7 Å². The third kappa shape index (κ3) is 2.75. The van der Waals surface area contributed by atoms with Gasteiger partial charge in [-0.05, 0) is 19.1 Å². The Morgan fingerprint density at radius 1 is 1.50 bits per heavy atom. The summed E-state index contributed by atoms with van der Waals surface area (Å²) in [4.78, 5) is 26.1. The summed E-state index contributed by atoms with van der Waals surface area (Å²) in [6.45, 7) is 1.92. The van der Waals surface area contributed by atoms with Gasteiger partial charge in [0, 0.05) is 5.38 Å². The fraction of sp³-hybridized carbons (Fsp3) is 0.182. The molecule has 0 aliphatic carbocycles. The number of thiazole rings is 1. The zero-order valence-corrected chi connectivity index (χ0v) is 10.3. The van der Waals surface area contributed by atoms with E-state index < -0.39 is 5.97 Å². The number of aromatic carboxylic acids is 1. The summed E-state index contributed by atoms with van der Waals surface area (Å²) in [5, 5.41) is 13.3. The smallest absolute Gasteiger partial charge is 0.355 e. The number of hydrogen-bond donors (Lipinski definition) is 2. The number of amides is 1. The maximum absolute atomic E-state index is 11.6. The number of carbonyl (C=O) groups is 2. The number of aromatic nitrogens is 1. The van der Waals surface area contributed by atoms with Gasteiger partial charge >= 0.3 is 5.97 Å². The zero-order chi connectivity index (χ0) is 13.1. The summed E-state index contributed by atoms with van der Waals surface area (Å²) in [5.74, 6) is -0.550. The molecule has 0 fully saturated rings. The third-order valence-electron chi connectivity index (χ3n) is 2.14. The summed E-state index contributed by atoms with van der Waals surface area (Å²) in [6, 6.07) is 3.27. The van der Waals surface area contributed by atoms with Gasteiger partial charge in [-0.1, -0.05) is 0 Å². The van der Waals surface area contributed by atoms with Gasteiger partial charge in [-0.2, -0.15) is 0 Å². The number of carbonyl (C=O) groups excluding carboxylic acids is 1. The Hall–Kier alpha value is -2.15. The monoisotopic (exact) mass is 266 g/mol. The lowest BCUT2D eigenvalue weighted by atomic mass is 10.4. The molecular weight excluding hydrogens is 256 g/mol. The van der Waals surface area contributed by atoms with Crippen molar-refractivity contribution in [2.24, 2.45) is 0 Å². The highest BCUT2D eigenvalue weighted by Gasteiger charge is 2.12. The summed E-state index contributed by atoms with van der Waals surface area (Å²) < 4.78 is 5.15. The third-order valence-corrected chi connectivity index (χ3v) is 2.98. The largest absolute Gasteiger partial charge is 0.476 e. The van der Waals surface area contributed by atoms with Crippen molar-refractivity contribution in [2.75, 3.05) is 0 Å². The molecule has 2 aromatic rings. The minimum absolute atomic E-state index is 0.0157. The molecule has 1 amide bonds. The predicted octanol–water partition coefficient (Wildman–Crippen LogP) is 1.67. The molecule has 2 heterocycles. The van der Waals surface area contributed by atoms with Crippen LogP contribution in [-0.4, -0.2) is 22.0 Å². The second-order valence-electron chi connectivity index (χ2n) is 3.52. The van der Waals surface area contributed by atoms with E-state index in [0.29, 0.717) is 10.8 Å². The number of rotatable bonds is 4. The van der Waals surface area contributed by atoms with Crippen molar-refractivity contribution in [3.8, 4) is 0 Å². The SMILES string of the molecule is Cc1ccc(C(=O)NCc2nc(C(=O)O)cs2)o1. The van der Waals surface area contributed by atoms with E-state index >= 15 is 0 Å². The van der Waals surface area contributed by atoms with E-state index in [1.165, 1.54) is 16.7 Å². The van der Waals surface area contributed by atoms with Crippen LogP contribution in [0.25, 0.3) is 0 Å². The minimum Gasteiger partial charge on any atom is -0.476 e. The Bertz CT molecular complexity index is 587. The number of carboxylic acid groups (broad SMARTS) is 1. The van der Waals surface area contributed by atoms with Gasteiger partial charge in [0.2, 0.25) is 0 Å². The number of hydrogen-bond acceptors (Lipinski definition) is 5. The quantitative estimate of drug-likeness (QED) is 0.878. The number of aryl methyl sites for hydroxylation is 1. The molecule has 0 aliphatic rings. The van der Waals surface area contributed by atoms with Crippen LogP contribution in [0.3, 0.4) is 0 Å². The number of nitrogens with one attached hydrogen (secondary N) is 1. The Kier molecular flexibility index (Phi) is 3.42. The van der Waals surface area contributed by atoms with Gasteiger partial charge in [0.1, 0.15) is 10.8 Å². The summed E-state index contributed by atoms with van der Waals surface area (Å²) in [6.07, 6.45) is 0. The second kappa shape index (κ2) is 5.01. The molecule has 2 aromatic heterocycles. The standard InChI is InChI=1S/C11H10N2O4S/c1-6-2-3-8(17-6)10(14)12-4-9-13-7(5-18-9)11(15)16/h2-3,5H,4H2,1H3,(H,12,14)(H,15,16). The fourth-order valence-corrected chi connectivity index (χ4v) is 2.00. The molecular formula is C11H10N2O4S. The molecule has 18 heavy (non-hydrogen) atoms. The first-order chi connectivity index (χ1) is 8.56. The van der Waals surface area contributed by atoms with Gasteiger partial charge in [-0.3, -0.25) is 4.79 Å². The molecule has 0 saturated carbocycles. The van der Waals surface area contributed by atoms with Gasteiger partial charge in [-0.15, -0.1) is 11.3 Å². The predicted molar refractivity (Wildman–Crippen MR) is 63.7 cm³/mol. The molecule has 6 nitrogen and oxygen atoms in total. The van der Waals surface area contributed by atoms with Crippen molar-refractivity contribution in [2.45, 2.75) is 13.5 Å². The van der Waals surface area contributed by atoms with Crippen LogP contribution < -0.4 is 5.32 Å². The van der Waals surface area contributed by atoms with Crippen LogP contribution >= 0.6 is 11.3 Å². The molecule has 94 valence electrons. The van der Waals surface area contributed by atoms with E-state index in [1.54, 1.807) is 19.1 Å². The van der Waals surface area contributed by atoms with Crippen molar-refractivity contribution in [3.63, 3.8) is 0 Å². The highest BCUT2D eigenvalue weighted by molar-refractivity contribution is 7.09. The summed E-state index contributed by atoms with van der Waals surface area (Å²) in [5.41, 5.74) is -0.0157. The molecule has 2 rings (SSSR count). The van der Waals surface area contributed by atoms with Crippen molar-refractivity contribution < 1.29 is 19.1 Å². The average Bonchev–Trinajstić information content (AvgIpc) is 2.94. The van der Waals surface area contributed by atoms with Crippen molar-refractivity contribution in [1.82, 2.24) is 10.3 Å². The minimum atomic E-state index is -1.08.